The average Bonchev–Trinajstić information content (AvgIpc) is 2.43. The SMILES string of the molecule is O=c1[nH]nc(NC2CCNCC2)c2cc(Cl)ccc12. The third-order valence-corrected chi connectivity index (χ3v) is 3.67. The van der Waals surface area contributed by atoms with E-state index >= 15 is 0 Å². The monoisotopic (exact) mass is 278 g/mol. The van der Waals surface area contributed by atoms with Gasteiger partial charge in [-0.05, 0) is 44.1 Å². The molecule has 0 unspecified atom stereocenters. The van der Waals surface area contributed by atoms with Gasteiger partial charge >= 0.3 is 0 Å². The van der Waals surface area contributed by atoms with Crippen molar-refractivity contribution in [3.05, 3.63) is 33.6 Å². The predicted octanol–water partition coefficient (Wildman–Crippen LogP) is 1.74. The van der Waals surface area contributed by atoms with Crippen LogP contribution in [0.1, 0.15) is 12.8 Å². The smallest absolute Gasteiger partial charge is 0.272 e. The van der Waals surface area contributed by atoms with E-state index in [1.165, 1.54) is 0 Å². The molecular weight excluding hydrogens is 264 g/mol. The van der Waals surface area contributed by atoms with Crippen molar-refractivity contribution in [1.29, 1.82) is 0 Å². The molecule has 0 radical (unpaired) electrons. The Morgan fingerprint density at radius 3 is 2.84 bits per heavy atom. The van der Waals surface area contributed by atoms with Crippen LogP contribution in [-0.4, -0.2) is 29.3 Å². The molecule has 6 heteroatoms. The molecule has 3 rings (SSSR count). The zero-order chi connectivity index (χ0) is 13.2. The van der Waals surface area contributed by atoms with Gasteiger partial charge in [0.05, 0.1) is 5.39 Å². The Kier molecular flexibility index (Phi) is 3.40. The van der Waals surface area contributed by atoms with Crippen LogP contribution >= 0.6 is 11.6 Å². The highest BCUT2D eigenvalue weighted by molar-refractivity contribution is 6.31. The molecule has 19 heavy (non-hydrogen) atoms. The summed E-state index contributed by atoms with van der Waals surface area (Å²) in [6, 6.07) is 5.60. The van der Waals surface area contributed by atoms with E-state index in [1.807, 2.05) is 0 Å². The Balaban J connectivity index is 2.00. The number of rotatable bonds is 2. The van der Waals surface area contributed by atoms with Gasteiger partial charge < -0.3 is 10.6 Å². The number of benzene rings is 1. The first kappa shape index (κ1) is 12.4. The van der Waals surface area contributed by atoms with Crippen LogP contribution in [0.15, 0.2) is 23.0 Å². The van der Waals surface area contributed by atoms with Gasteiger partial charge in [-0.1, -0.05) is 11.6 Å². The number of nitrogens with zero attached hydrogens (tertiary/aromatic N) is 1. The minimum Gasteiger partial charge on any atom is -0.365 e. The van der Waals surface area contributed by atoms with E-state index < -0.39 is 0 Å². The average molecular weight is 279 g/mol. The summed E-state index contributed by atoms with van der Waals surface area (Å²) in [5.74, 6) is 0.698. The van der Waals surface area contributed by atoms with Crippen molar-refractivity contribution in [3.8, 4) is 0 Å². The summed E-state index contributed by atoms with van der Waals surface area (Å²) in [4.78, 5) is 11.7. The van der Waals surface area contributed by atoms with E-state index in [4.69, 9.17) is 11.6 Å². The molecule has 1 aromatic heterocycles. The van der Waals surface area contributed by atoms with Crippen LogP contribution in [0.2, 0.25) is 5.02 Å². The molecule has 0 atom stereocenters. The van der Waals surface area contributed by atoms with Gasteiger partial charge in [-0.3, -0.25) is 4.79 Å². The molecule has 1 aliphatic heterocycles. The van der Waals surface area contributed by atoms with Gasteiger partial charge in [-0.2, -0.15) is 5.10 Å². The fourth-order valence-electron chi connectivity index (χ4n) is 2.41. The van der Waals surface area contributed by atoms with Crippen molar-refractivity contribution in [2.24, 2.45) is 0 Å². The number of aromatic nitrogens is 2. The Morgan fingerprint density at radius 2 is 2.05 bits per heavy atom. The lowest BCUT2D eigenvalue weighted by molar-refractivity contribution is 0.478. The second-order valence-electron chi connectivity index (χ2n) is 4.76. The standard InChI is InChI=1S/C13H15ClN4O/c14-8-1-2-10-11(7-8)12(17-18-13(10)19)16-9-3-5-15-6-4-9/h1-2,7,9,15H,3-6H2,(H,16,17)(H,18,19). The van der Waals surface area contributed by atoms with E-state index in [9.17, 15) is 4.79 Å². The molecule has 0 spiro atoms. The molecule has 1 aromatic carbocycles. The number of anilines is 1. The van der Waals surface area contributed by atoms with Crippen molar-refractivity contribution in [3.63, 3.8) is 0 Å². The molecule has 2 aromatic rings. The van der Waals surface area contributed by atoms with Crippen molar-refractivity contribution < 1.29 is 0 Å². The van der Waals surface area contributed by atoms with Gasteiger partial charge in [0, 0.05) is 16.5 Å². The molecule has 0 amide bonds. The fraction of sp³-hybridized carbons (Fsp3) is 0.385. The highest BCUT2D eigenvalue weighted by Crippen LogP contribution is 2.23. The molecule has 1 saturated heterocycles. The van der Waals surface area contributed by atoms with Gasteiger partial charge in [0.25, 0.3) is 5.56 Å². The maximum atomic E-state index is 11.7. The lowest BCUT2D eigenvalue weighted by Crippen LogP contribution is -2.35. The van der Waals surface area contributed by atoms with Gasteiger partial charge in [0.2, 0.25) is 0 Å². The number of hydrogen-bond acceptors (Lipinski definition) is 4. The quantitative estimate of drug-likeness (QED) is 0.783. The second-order valence-corrected chi connectivity index (χ2v) is 5.20. The molecule has 0 aliphatic carbocycles. The minimum atomic E-state index is -0.192. The molecule has 1 fully saturated rings. The fourth-order valence-corrected chi connectivity index (χ4v) is 2.58. The zero-order valence-corrected chi connectivity index (χ0v) is 11.1. The number of fused-ring (bicyclic) bond motifs is 1. The largest absolute Gasteiger partial charge is 0.365 e. The molecule has 100 valence electrons. The number of H-pyrrole nitrogens is 1. The summed E-state index contributed by atoms with van der Waals surface area (Å²) >= 11 is 6.01. The third-order valence-electron chi connectivity index (χ3n) is 3.43. The lowest BCUT2D eigenvalue weighted by Gasteiger charge is -2.24. The number of nitrogens with one attached hydrogen (secondary N) is 3. The predicted molar refractivity (Wildman–Crippen MR) is 76.9 cm³/mol. The van der Waals surface area contributed by atoms with Crippen LogP contribution in [-0.2, 0) is 0 Å². The van der Waals surface area contributed by atoms with Crippen LogP contribution in [0.5, 0.6) is 0 Å². The van der Waals surface area contributed by atoms with Crippen LogP contribution in [0.3, 0.4) is 0 Å². The van der Waals surface area contributed by atoms with Crippen LogP contribution in [0.25, 0.3) is 10.8 Å². The van der Waals surface area contributed by atoms with Crippen LogP contribution < -0.4 is 16.2 Å². The van der Waals surface area contributed by atoms with E-state index in [1.54, 1.807) is 18.2 Å². The highest BCUT2D eigenvalue weighted by Gasteiger charge is 2.15. The zero-order valence-electron chi connectivity index (χ0n) is 10.4. The number of hydrogen-bond donors (Lipinski definition) is 3. The maximum Gasteiger partial charge on any atom is 0.272 e. The molecule has 0 bridgehead atoms. The first-order valence-electron chi connectivity index (χ1n) is 6.39. The normalized spacial score (nSPS) is 16.7. The van der Waals surface area contributed by atoms with Crippen molar-refractivity contribution in [2.45, 2.75) is 18.9 Å². The summed E-state index contributed by atoms with van der Waals surface area (Å²) in [6.45, 7) is 2.00. The minimum absolute atomic E-state index is 0.192. The molecule has 5 nitrogen and oxygen atoms in total. The Hall–Kier alpha value is -1.59. The first-order chi connectivity index (χ1) is 9.24. The van der Waals surface area contributed by atoms with Crippen LogP contribution in [0, 0.1) is 0 Å². The topological polar surface area (TPSA) is 69.8 Å². The second kappa shape index (κ2) is 5.19. The van der Waals surface area contributed by atoms with Gasteiger partial charge in [0.15, 0.2) is 5.82 Å². The van der Waals surface area contributed by atoms with Crippen LogP contribution in [0.4, 0.5) is 5.82 Å². The lowest BCUT2D eigenvalue weighted by atomic mass is 10.1. The maximum absolute atomic E-state index is 11.7. The summed E-state index contributed by atoms with van der Waals surface area (Å²) in [7, 11) is 0. The molecular formula is C13H15ClN4O. The summed E-state index contributed by atoms with van der Waals surface area (Å²) < 4.78 is 0. The van der Waals surface area contributed by atoms with Crippen molar-refractivity contribution >= 4 is 28.2 Å². The summed E-state index contributed by atoms with van der Waals surface area (Å²) in [6.07, 6.45) is 2.09. The summed E-state index contributed by atoms with van der Waals surface area (Å²) in [5, 5.41) is 15.3. The Bertz CT molecular complexity index is 649. The van der Waals surface area contributed by atoms with Gasteiger partial charge in [-0.15, -0.1) is 0 Å². The van der Waals surface area contributed by atoms with E-state index in [0.29, 0.717) is 22.3 Å². The number of piperidine rings is 1. The Morgan fingerprint density at radius 1 is 1.26 bits per heavy atom. The first-order valence-corrected chi connectivity index (χ1v) is 6.77. The highest BCUT2D eigenvalue weighted by atomic mass is 35.5. The molecule has 1 aliphatic rings. The summed E-state index contributed by atoms with van der Waals surface area (Å²) in [5.41, 5.74) is -0.192. The number of aromatic amines is 1. The van der Waals surface area contributed by atoms with E-state index in [2.05, 4.69) is 20.8 Å². The molecule has 3 N–H and O–H groups in total. The molecule has 2 heterocycles. The van der Waals surface area contributed by atoms with Gasteiger partial charge in [0.1, 0.15) is 0 Å². The van der Waals surface area contributed by atoms with E-state index in [-0.39, 0.29) is 5.56 Å². The van der Waals surface area contributed by atoms with Gasteiger partial charge in [-0.25, -0.2) is 5.10 Å². The van der Waals surface area contributed by atoms with E-state index in [0.717, 1.165) is 31.3 Å². The van der Waals surface area contributed by atoms with Crippen molar-refractivity contribution in [2.75, 3.05) is 18.4 Å². The van der Waals surface area contributed by atoms with Crippen molar-refractivity contribution in [1.82, 2.24) is 15.5 Å². The Labute approximate surface area is 115 Å². The number of halogens is 1. The third kappa shape index (κ3) is 2.57. The molecule has 0 saturated carbocycles.